The second-order valence-corrected chi connectivity index (χ2v) is 8.51. The number of pyridine rings is 1. The van der Waals surface area contributed by atoms with Gasteiger partial charge in [0.2, 0.25) is 0 Å². The fraction of sp³-hybridized carbons (Fsp3) is 0.250. The molecular weight excluding hydrogens is 415 g/mol. The minimum atomic E-state index is -0.0520. The molecule has 28 heavy (non-hydrogen) atoms. The van der Waals surface area contributed by atoms with Gasteiger partial charge in [0.25, 0.3) is 5.91 Å². The summed E-state index contributed by atoms with van der Waals surface area (Å²) in [6.45, 7) is 4.66. The summed E-state index contributed by atoms with van der Waals surface area (Å²) in [6.07, 6.45) is 1.78. The van der Waals surface area contributed by atoms with E-state index >= 15 is 0 Å². The Morgan fingerprint density at radius 1 is 1.04 bits per heavy atom. The van der Waals surface area contributed by atoms with Crippen molar-refractivity contribution in [3.63, 3.8) is 0 Å². The van der Waals surface area contributed by atoms with Crippen LogP contribution in [0.25, 0.3) is 10.6 Å². The van der Waals surface area contributed by atoms with Crippen molar-refractivity contribution < 1.29 is 4.79 Å². The number of carbonyl (C=O) groups is 1. The number of nitrogens with zero attached hydrogens (tertiary/aromatic N) is 4. The average Bonchev–Trinajstić information content (AvgIpc) is 3.09. The number of aryl methyl sites for hydroxylation is 1. The summed E-state index contributed by atoms with van der Waals surface area (Å²) >= 11 is 14.0. The van der Waals surface area contributed by atoms with Crippen molar-refractivity contribution in [1.29, 1.82) is 0 Å². The van der Waals surface area contributed by atoms with Crippen LogP contribution in [0.4, 0.5) is 5.82 Å². The van der Waals surface area contributed by atoms with Gasteiger partial charge < -0.3 is 9.80 Å². The molecule has 1 aliphatic rings. The van der Waals surface area contributed by atoms with E-state index in [-0.39, 0.29) is 5.91 Å². The normalized spacial score (nSPS) is 14.4. The van der Waals surface area contributed by atoms with Crippen molar-refractivity contribution >= 4 is 46.3 Å². The van der Waals surface area contributed by atoms with Gasteiger partial charge in [-0.3, -0.25) is 4.79 Å². The van der Waals surface area contributed by atoms with Gasteiger partial charge in [0.15, 0.2) is 0 Å². The van der Waals surface area contributed by atoms with E-state index in [0.29, 0.717) is 39.4 Å². The van der Waals surface area contributed by atoms with E-state index in [1.54, 1.807) is 24.4 Å². The van der Waals surface area contributed by atoms with Crippen molar-refractivity contribution in [1.82, 2.24) is 14.9 Å². The Hall–Kier alpha value is -2.15. The van der Waals surface area contributed by atoms with Crippen LogP contribution < -0.4 is 4.90 Å². The number of benzene rings is 1. The number of hydrogen-bond acceptors (Lipinski definition) is 5. The van der Waals surface area contributed by atoms with Crippen LogP contribution in [0.1, 0.15) is 15.4 Å². The Morgan fingerprint density at radius 2 is 1.75 bits per heavy atom. The van der Waals surface area contributed by atoms with Crippen molar-refractivity contribution in [2.24, 2.45) is 0 Å². The monoisotopic (exact) mass is 432 g/mol. The third-order valence-corrected chi connectivity index (χ3v) is 6.33. The predicted octanol–water partition coefficient (Wildman–Crippen LogP) is 4.78. The molecular formula is C20H18Cl2N4OS. The number of piperazine rings is 1. The number of aromatic nitrogens is 2. The summed E-state index contributed by atoms with van der Waals surface area (Å²) in [5.41, 5.74) is 1.15. The van der Waals surface area contributed by atoms with E-state index in [4.69, 9.17) is 23.2 Å². The van der Waals surface area contributed by atoms with Crippen LogP contribution in [-0.2, 0) is 0 Å². The maximum Gasteiger partial charge on any atom is 0.273 e. The molecule has 5 nitrogen and oxygen atoms in total. The lowest BCUT2D eigenvalue weighted by atomic mass is 10.2. The zero-order chi connectivity index (χ0) is 19.7. The first-order chi connectivity index (χ1) is 13.5. The quantitative estimate of drug-likeness (QED) is 0.597. The van der Waals surface area contributed by atoms with Crippen molar-refractivity contribution in [2.75, 3.05) is 31.1 Å². The zero-order valence-electron chi connectivity index (χ0n) is 15.2. The largest absolute Gasteiger partial charge is 0.353 e. The molecule has 0 N–H and O–H groups in total. The van der Waals surface area contributed by atoms with E-state index in [1.165, 1.54) is 11.3 Å². The van der Waals surface area contributed by atoms with Gasteiger partial charge in [-0.15, -0.1) is 11.3 Å². The number of hydrogen-bond donors (Lipinski definition) is 0. The maximum atomic E-state index is 13.0. The van der Waals surface area contributed by atoms with Crippen LogP contribution in [0.3, 0.4) is 0 Å². The molecule has 3 heterocycles. The lowest BCUT2D eigenvalue weighted by molar-refractivity contribution is 0.0741. The van der Waals surface area contributed by atoms with Gasteiger partial charge in [-0.05, 0) is 31.2 Å². The molecule has 4 rings (SSSR count). The molecule has 3 aromatic rings. The minimum Gasteiger partial charge on any atom is -0.353 e. The smallest absolute Gasteiger partial charge is 0.273 e. The first-order valence-electron chi connectivity index (χ1n) is 8.91. The van der Waals surface area contributed by atoms with E-state index in [2.05, 4.69) is 14.9 Å². The Morgan fingerprint density at radius 3 is 2.39 bits per heavy atom. The summed E-state index contributed by atoms with van der Waals surface area (Å²) in [6, 6.07) is 11.2. The van der Waals surface area contributed by atoms with Crippen LogP contribution in [0, 0.1) is 6.92 Å². The van der Waals surface area contributed by atoms with Crippen LogP contribution in [-0.4, -0.2) is 47.0 Å². The van der Waals surface area contributed by atoms with Gasteiger partial charge in [-0.25, -0.2) is 9.97 Å². The van der Waals surface area contributed by atoms with Crippen molar-refractivity contribution in [3.05, 3.63) is 63.2 Å². The highest BCUT2D eigenvalue weighted by atomic mass is 35.5. The van der Waals surface area contributed by atoms with Crippen LogP contribution in [0.2, 0.25) is 10.0 Å². The van der Waals surface area contributed by atoms with Gasteiger partial charge >= 0.3 is 0 Å². The number of amides is 1. The van der Waals surface area contributed by atoms with Crippen LogP contribution in [0.15, 0.2) is 42.6 Å². The zero-order valence-corrected chi connectivity index (χ0v) is 17.6. The molecule has 1 amide bonds. The minimum absolute atomic E-state index is 0.0520. The summed E-state index contributed by atoms with van der Waals surface area (Å²) in [5, 5.41) is 1.73. The first-order valence-corrected chi connectivity index (χ1v) is 10.5. The molecule has 0 spiro atoms. The van der Waals surface area contributed by atoms with Gasteiger partial charge in [-0.1, -0.05) is 35.3 Å². The Balaban J connectivity index is 1.51. The second-order valence-electron chi connectivity index (χ2n) is 6.49. The number of carbonyl (C=O) groups excluding carboxylic acids is 1. The Bertz CT molecular complexity index is 980. The number of anilines is 1. The molecule has 0 atom stereocenters. The van der Waals surface area contributed by atoms with Gasteiger partial charge in [0.1, 0.15) is 16.5 Å². The standard InChI is InChI=1S/C20H18Cl2N4OS/c1-13-18(24-19(28-13)17-14(21)5-4-6-15(17)22)20(27)26-11-9-25(10-12-26)16-7-2-3-8-23-16/h2-8H,9-12H2,1H3. The topological polar surface area (TPSA) is 49.3 Å². The van der Waals surface area contributed by atoms with Gasteiger partial charge in [0.05, 0.1) is 10.0 Å². The van der Waals surface area contributed by atoms with Gasteiger partial charge in [0, 0.05) is 42.8 Å². The molecule has 0 saturated carbocycles. The number of thiazole rings is 1. The number of halogens is 2. The Kier molecular flexibility index (Phi) is 5.53. The first kappa shape index (κ1) is 19.2. The molecule has 0 radical (unpaired) electrons. The summed E-state index contributed by atoms with van der Waals surface area (Å²) in [5.74, 6) is 0.888. The fourth-order valence-electron chi connectivity index (χ4n) is 3.23. The second kappa shape index (κ2) is 8.07. The SMILES string of the molecule is Cc1sc(-c2c(Cl)cccc2Cl)nc1C(=O)N1CCN(c2ccccn2)CC1. The molecule has 1 aromatic carbocycles. The molecule has 2 aromatic heterocycles. The van der Waals surface area contributed by atoms with Gasteiger partial charge in [-0.2, -0.15) is 0 Å². The number of rotatable bonds is 3. The molecule has 144 valence electrons. The molecule has 8 heteroatoms. The predicted molar refractivity (Wildman–Crippen MR) is 115 cm³/mol. The third-order valence-electron chi connectivity index (χ3n) is 4.72. The summed E-state index contributed by atoms with van der Waals surface area (Å²) < 4.78 is 0. The molecule has 0 bridgehead atoms. The molecule has 1 aliphatic heterocycles. The van der Waals surface area contributed by atoms with E-state index in [1.807, 2.05) is 30.0 Å². The van der Waals surface area contributed by atoms with Crippen LogP contribution in [0.5, 0.6) is 0 Å². The van der Waals surface area contributed by atoms with E-state index in [9.17, 15) is 4.79 Å². The van der Waals surface area contributed by atoms with E-state index < -0.39 is 0 Å². The Labute approximate surface area is 177 Å². The molecule has 0 aliphatic carbocycles. The molecule has 0 unspecified atom stereocenters. The lowest BCUT2D eigenvalue weighted by Crippen LogP contribution is -2.49. The van der Waals surface area contributed by atoms with E-state index in [0.717, 1.165) is 23.8 Å². The van der Waals surface area contributed by atoms with Crippen LogP contribution >= 0.6 is 34.5 Å². The third kappa shape index (κ3) is 3.72. The molecule has 1 fully saturated rings. The highest BCUT2D eigenvalue weighted by Crippen LogP contribution is 2.38. The summed E-state index contributed by atoms with van der Waals surface area (Å²) in [7, 11) is 0. The summed E-state index contributed by atoms with van der Waals surface area (Å²) in [4.78, 5) is 26.9. The molecule has 1 saturated heterocycles. The highest BCUT2D eigenvalue weighted by Gasteiger charge is 2.27. The van der Waals surface area contributed by atoms with Crippen molar-refractivity contribution in [2.45, 2.75) is 6.92 Å². The van der Waals surface area contributed by atoms with Crippen molar-refractivity contribution in [3.8, 4) is 10.6 Å². The maximum absolute atomic E-state index is 13.0. The highest BCUT2D eigenvalue weighted by molar-refractivity contribution is 7.15. The lowest BCUT2D eigenvalue weighted by Gasteiger charge is -2.35. The fourth-order valence-corrected chi connectivity index (χ4v) is 4.90. The average molecular weight is 433 g/mol.